The van der Waals surface area contributed by atoms with Crippen LogP contribution in [0.5, 0.6) is 0 Å². The zero-order valence-electron chi connectivity index (χ0n) is 24.4. The van der Waals surface area contributed by atoms with E-state index in [4.69, 9.17) is 5.73 Å². The van der Waals surface area contributed by atoms with Gasteiger partial charge in [0.05, 0.1) is 11.4 Å². The maximum atomic E-state index is 13.6. The molecule has 2 heterocycles. The summed E-state index contributed by atoms with van der Waals surface area (Å²) in [5, 5.41) is 12.8. The molecule has 0 unspecified atom stereocenters. The lowest BCUT2D eigenvalue weighted by Crippen LogP contribution is -2.14. The highest BCUT2D eigenvalue weighted by Gasteiger charge is 2.23. The molecule has 0 bridgehead atoms. The second-order valence-corrected chi connectivity index (χ2v) is 10.8. The second kappa shape index (κ2) is 11.8. The van der Waals surface area contributed by atoms with Gasteiger partial charge >= 0.3 is 5.97 Å². The average molecular weight is 581 g/mol. The number of aromatic carboxylic acids is 1. The van der Waals surface area contributed by atoms with Crippen LogP contribution in [0.3, 0.4) is 0 Å². The highest BCUT2D eigenvalue weighted by molar-refractivity contribution is 6.10. The second-order valence-electron chi connectivity index (χ2n) is 10.8. The number of carbonyl (C=O) groups is 2. The number of hydrogen-bond donors (Lipinski definition) is 5. The number of aromatic nitrogens is 2. The summed E-state index contributed by atoms with van der Waals surface area (Å²) in [6.07, 6.45) is 0.546. The van der Waals surface area contributed by atoms with E-state index in [0.717, 1.165) is 50.3 Å². The first-order chi connectivity index (χ1) is 21.3. The van der Waals surface area contributed by atoms with Crippen LogP contribution >= 0.6 is 0 Å². The molecule has 2 aromatic heterocycles. The third-order valence-corrected chi connectivity index (χ3v) is 8.00. The Labute approximate surface area is 255 Å². The largest absolute Gasteiger partial charge is 0.477 e. The van der Waals surface area contributed by atoms with E-state index >= 15 is 0 Å². The van der Waals surface area contributed by atoms with E-state index in [1.54, 1.807) is 12.1 Å². The predicted octanol–water partition coefficient (Wildman–Crippen LogP) is 8.08. The number of aromatic amines is 2. The van der Waals surface area contributed by atoms with E-state index in [2.05, 4.69) is 15.3 Å². The molecule has 0 spiro atoms. The highest BCUT2D eigenvalue weighted by atomic mass is 16.4. The standard InChI is InChI=1S/C37H32N4O3/c1-22-30(39-35(37(43)44)31(22)25-11-5-3-6-12-25)21-24-17-19-27(20-18-24)33-23(2)32(26-13-7-4-8-14-26)34(41-33)36(42)40-29-16-10-9-15-28(29)38/h3-20,39,41H,21,38H2,1-2H3,(H,40,42)(H,43,44). The van der Waals surface area contributed by atoms with Gasteiger partial charge in [-0.15, -0.1) is 0 Å². The third kappa shape index (κ3) is 5.39. The molecule has 218 valence electrons. The Morgan fingerprint density at radius 1 is 0.682 bits per heavy atom. The molecule has 6 N–H and O–H groups in total. The van der Waals surface area contributed by atoms with Crippen LogP contribution in [0.2, 0.25) is 0 Å². The molecule has 0 saturated heterocycles. The fourth-order valence-corrected chi connectivity index (χ4v) is 5.76. The molecule has 7 heteroatoms. The van der Waals surface area contributed by atoms with Crippen molar-refractivity contribution in [2.24, 2.45) is 0 Å². The topological polar surface area (TPSA) is 124 Å². The number of carboxylic acid groups (broad SMARTS) is 1. The van der Waals surface area contributed by atoms with Crippen molar-refractivity contribution in [1.82, 2.24) is 9.97 Å². The maximum absolute atomic E-state index is 13.6. The Hall–Kier alpha value is -5.82. The van der Waals surface area contributed by atoms with Crippen LogP contribution in [-0.2, 0) is 6.42 Å². The van der Waals surface area contributed by atoms with Crippen molar-refractivity contribution in [3.63, 3.8) is 0 Å². The van der Waals surface area contributed by atoms with Crippen LogP contribution in [-0.4, -0.2) is 27.0 Å². The lowest BCUT2D eigenvalue weighted by atomic mass is 9.97. The Balaban J connectivity index is 1.33. The van der Waals surface area contributed by atoms with Crippen molar-refractivity contribution < 1.29 is 14.7 Å². The first-order valence-corrected chi connectivity index (χ1v) is 14.3. The van der Waals surface area contributed by atoms with Gasteiger partial charge in [-0.05, 0) is 59.4 Å². The first-order valence-electron chi connectivity index (χ1n) is 14.3. The summed E-state index contributed by atoms with van der Waals surface area (Å²) in [4.78, 5) is 32.2. The average Bonchev–Trinajstić information content (AvgIpc) is 3.56. The zero-order chi connectivity index (χ0) is 30.8. The van der Waals surface area contributed by atoms with Crippen molar-refractivity contribution in [2.45, 2.75) is 20.3 Å². The maximum Gasteiger partial charge on any atom is 0.352 e. The van der Waals surface area contributed by atoms with E-state index in [1.807, 2.05) is 111 Å². The summed E-state index contributed by atoms with van der Waals surface area (Å²) in [7, 11) is 0. The van der Waals surface area contributed by atoms with Crippen LogP contribution < -0.4 is 11.1 Å². The molecule has 7 nitrogen and oxygen atoms in total. The fraction of sp³-hybridized carbons (Fsp3) is 0.0811. The van der Waals surface area contributed by atoms with Crippen LogP contribution in [0.25, 0.3) is 33.5 Å². The van der Waals surface area contributed by atoms with Gasteiger partial charge in [0, 0.05) is 28.9 Å². The number of para-hydroxylation sites is 2. The summed E-state index contributed by atoms with van der Waals surface area (Å²) < 4.78 is 0. The van der Waals surface area contributed by atoms with Gasteiger partial charge in [-0.25, -0.2) is 4.79 Å². The number of nitrogen functional groups attached to an aromatic ring is 1. The zero-order valence-corrected chi connectivity index (χ0v) is 24.4. The van der Waals surface area contributed by atoms with Gasteiger partial charge in [-0.2, -0.15) is 0 Å². The van der Waals surface area contributed by atoms with Crippen LogP contribution in [0, 0.1) is 13.8 Å². The first kappa shape index (κ1) is 28.3. The van der Waals surface area contributed by atoms with Crippen LogP contribution in [0.4, 0.5) is 11.4 Å². The number of anilines is 2. The minimum absolute atomic E-state index is 0.193. The van der Waals surface area contributed by atoms with E-state index in [9.17, 15) is 14.7 Å². The van der Waals surface area contributed by atoms with E-state index in [1.165, 1.54) is 0 Å². The molecule has 1 amide bonds. The quantitative estimate of drug-likeness (QED) is 0.117. The smallest absolute Gasteiger partial charge is 0.352 e. The minimum atomic E-state index is -0.986. The van der Waals surface area contributed by atoms with Crippen LogP contribution in [0.1, 0.15) is 43.4 Å². The molecule has 44 heavy (non-hydrogen) atoms. The van der Waals surface area contributed by atoms with Gasteiger partial charge in [0.25, 0.3) is 5.91 Å². The molecule has 0 fully saturated rings. The molecule has 6 aromatic rings. The van der Waals surface area contributed by atoms with Crippen molar-refractivity contribution >= 4 is 23.3 Å². The number of nitrogens with two attached hydrogens (primary N) is 1. The van der Waals surface area contributed by atoms with Gasteiger partial charge in [-0.3, -0.25) is 4.79 Å². The number of carbonyl (C=O) groups excluding carboxylic acids is 1. The molecule has 0 aliphatic carbocycles. The fourth-order valence-electron chi connectivity index (χ4n) is 5.76. The molecule has 0 radical (unpaired) electrons. The van der Waals surface area contributed by atoms with E-state index < -0.39 is 5.97 Å². The monoisotopic (exact) mass is 580 g/mol. The summed E-state index contributed by atoms with van der Waals surface area (Å²) >= 11 is 0. The highest BCUT2D eigenvalue weighted by Crippen LogP contribution is 2.36. The van der Waals surface area contributed by atoms with Crippen molar-refractivity contribution in [1.29, 1.82) is 0 Å². The Kier molecular flexibility index (Phi) is 7.60. The normalized spacial score (nSPS) is 11.0. The van der Waals surface area contributed by atoms with Gasteiger partial charge < -0.3 is 26.1 Å². The lowest BCUT2D eigenvalue weighted by molar-refractivity contribution is 0.0691. The van der Waals surface area contributed by atoms with Gasteiger partial charge in [0.1, 0.15) is 11.4 Å². The van der Waals surface area contributed by atoms with E-state index in [-0.39, 0.29) is 11.6 Å². The summed E-state index contributed by atoms with van der Waals surface area (Å²) in [5.74, 6) is -1.27. The number of H-pyrrole nitrogens is 2. The SMILES string of the molecule is Cc1c(Cc2ccc(-c3[nH]c(C(=O)Nc4ccccc4N)c(-c4ccccc4)c3C)cc2)[nH]c(C(=O)O)c1-c1ccccc1. The number of nitrogens with one attached hydrogen (secondary N) is 3. The summed E-state index contributed by atoms with van der Waals surface area (Å²) in [5.41, 5.74) is 16.7. The lowest BCUT2D eigenvalue weighted by Gasteiger charge is -2.09. The molecular weight excluding hydrogens is 548 g/mol. The molecular formula is C37H32N4O3. The number of amides is 1. The Morgan fingerprint density at radius 3 is 1.84 bits per heavy atom. The van der Waals surface area contributed by atoms with Gasteiger partial charge in [-0.1, -0.05) is 97.1 Å². The predicted molar refractivity (Wildman–Crippen MR) is 176 cm³/mol. The number of carboxylic acids is 1. The third-order valence-electron chi connectivity index (χ3n) is 8.00. The molecule has 0 aliphatic heterocycles. The number of hydrogen-bond acceptors (Lipinski definition) is 3. The van der Waals surface area contributed by atoms with Gasteiger partial charge in [0.15, 0.2) is 0 Å². The molecule has 6 rings (SSSR count). The van der Waals surface area contributed by atoms with Gasteiger partial charge in [0.2, 0.25) is 0 Å². The summed E-state index contributed by atoms with van der Waals surface area (Å²) in [6, 6.07) is 34.7. The minimum Gasteiger partial charge on any atom is -0.477 e. The van der Waals surface area contributed by atoms with Crippen LogP contribution in [0.15, 0.2) is 109 Å². The van der Waals surface area contributed by atoms with E-state index in [0.29, 0.717) is 29.1 Å². The molecule has 0 atom stereocenters. The number of rotatable bonds is 8. The number of benzene rings is 4. The Morgan fingerprint density at radius 2 is 1.25 bits per heavy atom. The van der Waals surface area contributed by atoms with Crippen molar-refractivity contribution in [2.75, 3.05) is 11.1 Å². The van der Waals surface area contributed by atoms with Crippen molar-refractivity contribution in [3.8, 4) is 33.5 Å². The molecule has 0 aliphatic rings. The Bertz CT molecular complexity index is 1970. The van der Waals surface area contributed by atoms with Crippen molar-refractivity contribution in [3.05, 3.63) is 143 Å². The summed E-state index contributed by atoms with van der Waals surface area (Å²) in [6.45, 7) is 3.97. The molecule has 0 saturated carbocycles. The molecule has 4 aromatic carbocycles.